The van der Waals surface area contributed by atoms with Gasteiger partial charge in [0.2, 0.25) is 10.0 Å². The third-order valence-electron chi connectivity index (χ3n) is 4.90. The second-order valence-electron chi connectivity index (χ2n) is 7.10. The van der Waals surface area contributed by atoms with Crippen molar-refractivity contribution in [3.05, 3.63) is 64.2 Å². The Labute approximate surface area is 174 Å². The summed E-state index contributed by atoms with van der Waals surface area (Å²) >= 11 is 0. The largest absolute Gasteiger partial charge is 0.484 e. The Balaban J connectivity index is 1.49. The van der Waals surface area contributed by atoms with Crippen LogP contribution >= 0.6 is 0 Å². The normalized spacial score (nSPS) is 15.5. The highest BCUT2D eigenvalue weighted by Gasteiger charge is 2.30. The minimum Gasteiger partial charge on any atom is -0.484 e. The van der Waals surface area contributed by atoms with E-state index >= 15 is 0 Å². The lowest BCUT2D eigenvalue weighted by atomic mass is 10.1. The number of rotatable bonds is 7. The maximum absolute atomic E-state index is 12.7. The molecule has 1 aliphatic rings. The van der Waals surface area contributed by atoms with Crippen molar-refractivity contribution in [2.75, 3.05) is 19.7 Å². The van der Waals surface area contributed by atoms with Crippen LogP contribution in [0.15, 0.2) is 53.4 Å². The Bertz CT molecular complexity index is 998. The molecular weight excluding hydrogens is 410 g/mol. The van der Waals surface area contributed by atoms with Crippen molar-refractivity contribution >= 4 is 21.6 Å². The Morgan fingerprint density at radius 1 is 1.13 bits per heavy atom. The summed E-state index contributed by atoms with van der Waals surface area (Å²) in [5.74, 6) is 0.354. The molecule has 3 rings (SSSR count). The van der Waals surface area contributed by atoms with Crippen LogP contribution in [-0.2, 0) is 14.8 Å². The summed E-state index contributed by atoms with van der Waals surface area (Å²) in [5.41, 5.74) is 0.936. The van der Waals surface area contributed by atoms with Gasteiger partial charge < -0.3 is 10.1 Å². The summed E-state index contributed by atoms with van der Waals surface area (Å²) in [6.45, 7) is 2.36. The number of nitro groups is 1. The van der Waals surface area contributed by atoms with Crippen molar-refractivity contribution < 1.29 is 22.9 Å². The molecule has 0 aliphatic carbocycles. The lowest BCUT2D eigenvalue weighted by Gasteiger charge is -2.31. The molecule has 2 aromatic carbocycles. The topological polar surface area (TPSA) is 119 Å². The van der Waals surface area contributed by atoms with Crippen molar-refractivity contribution in [1.29, 1.82) is 0 Å². The number of nitrogens with one attached hydrogen (secondary N) is 1. The highest BCUT2D eigenvalue weighted by atomic mass is 32.2. The van der Waals surface area contributed by atoms with Gasteiger partial charge in [0.1, 0.15) is 5.75 Å². The first-order valence-electron chi connectivity index (χ1n) is 9.49. The van der Waals surface area contributed by atoms with E-state index in [1.165, 1.54) is 28.6 Å². The third kappa shape index (κ3) is 5.33. The van der Waals surface area contributed by atoms with E-state index < -0.39 is 14.9 Å². The van der Waals surface area contributed by atoms with E-state index in [-0.39, 0.29) is 42.2 Å². The van der Waals surface area contributed by atoms with Gasteiger partial charge in [0.05, 0.1) is 9.82 Å². The number of non-ortho nitro benzene ring substituents is 1. The van der Waals surface area contributed by atoms with Crippen LogP contribution in [0.1, 0.15) is 18.4 Å². The molecule has 0 unspecified atom stereocenters. The van der Waals surface area contributed by atoms with Crippen LogP contribution in [0, 0.1) is 17.0 Å². The van der Waals surface area contributed by atoms with Gasteiger partial charge in [-0.05, 0) is 44.0 Å². The van der Waals surface area contributed by atoms with Crippen molar-refractivity contribution in [3.63, 3.8) is 0 Å². The highest BCUT2D eigenvalue weighted by molar-refractivity contribution is 7.89. The molecule has 1 amide bonds. The second-order valence-corrected chi connectivity index (χ2v) is 9.04. The van der Waals surface area contributed by atoms with E-state index in [4.69, 9.17) is 4.74 Å². The van der Waals surface area contributed by atoms with Crippen LogP contribution in [0.5, 0.6) is 5.75 Å². The third-order valence-corrected chi connectivity index (χ3v) is 6.81. The van der Waals surface area contributed by atoms with E-state index in [9.17, 15) is 23.3 Å². The molecule has 0 aromatic heterocycles. The molecule has 0 saturated carbocycles. The first kappa shape index (κ1) is 21.7. The second kappa shape index (κ2) is 9.23. The average Bonchev–Trinajstić information content (AvgIpc) is 2.74. The smallest absolute Gasteiger partial charge is 0.269 e. The van der Waals surface area contributed by atoms with Gasteiger partial charge >= 0.3 is 0 Å². The van der Waals surface area contributed by atoms with E-state index in [2.05, 4.69) is 5.32 Å². The maximum atomic E-state index is 12.7. The van der Waals surface area contributed by atoms with Crippen molar-refractivity contribution in [2.24, 2.45) is 0 Å². The summed E-state index contributed by atoms with van der Waals surface area (Å²) in [5, 5.41) is 13.6. The summed E-state index contributed by atoms with van der Waals surface area (Å²) in [6.07, 6.45) is 0.949. The number of sulfonamides is 1. The Morgan fingerprint density at radius 3 is 2.30 bits per heavy atom. The standard InChI is InChI=1S/C20H23N3O6S/c1-15-2-6-18(7-3-15)29-14-20(24)21-16-10-12-22(13-11-16)30(27,28)19-8-4-17(5-9-19)23(25)26/h2-9,16H,10-14H2,1H3,(H,21,24). The number of hydrogen-bond acceptors (Lipinski definition) is 6. The van der Waals surface area contributed by atoms with Crippen molar-refractivity contribution in [3.8, 4) is 5.75 Å². The van der Waals surface area contributed by atoms with Gasteiger partial charge in [-0.1, -0.05) is 17.7 Å². The van der Waals surface area contributed by atoms with Crippen LogP contribution < -0.4 is 10.1 Å². The van der Waals surface area contributed by atoms with Gasteiger partial charge in [-0.3, -0.25) is 14.9 Å². The Morgan fingerprint density at radius 2 is 1.73 bits per heavy atom. The summed E-state index contributed by atoms with van der Waals surface area (Å²) in [6, 6.07) is 12.1. The molecule has 1 heterocycles. The first-order chi connectivity index (χ1) is 14.3. The summed E-state index contributed by atoms with van der Waals surface area (Å²) < 4.78 is 32.2. The average molecular weight is 433 g/mol. The van der Waals surface area contributed by atoms with Gasteiger partial charge in [-0.15, -0.1) is 0 Å². The van der Waals surface area contributed by atoms with Crippen LogP contribution in [0.25, 0.3) is 0 Å². The van der Waals surface area contributed by atoms with E-state index in [0.717, 1.165) is 5.56 Å². The number of nitrogens with zero attached hydrogens (tertiary/aromatic N) is 2. The number of nitro benzene ring substituents is 1. The predicted octanol–water partition coefficient (Wildman–Crippen LogP) is 2.25. The first-order valence-corrected chi connectivity index (χ1v) is 10.9. The molecule has 30 heavy (non-hydrogen) atoms. The molecule has 1 aliphatic heterocycles. The molecule has 2 aromatic rings. The van der Waals surface area contributed by atoms with E-state index in [1.807, 2.05) is 19.1 Å². The quantitative estimate of drug-likeness (QED) is 0.528. The number of hydrogen-bond donors (Lipinski definition) is 1. The monoisotopic (exact) mass is 433 g/mol. The number of carbonyl (C=O) groups is 1. The number of aryl methyl sites for hydroxylation is 1. The lowest BCUT2D eigenvalue weighted by molar-refractivity contribution is -0.384. The van der Waals surface area contributed by atoms with Crippen LogP contribution in [0.4, 0.5) is 5.69 Å². The van der Waals surface area contributed by atoms with Crippen LogP contribution in [-0.4, -0.2) is 49.3 Å². The number of ether oxygens (including phenoxy) is 1. The molecule has 0 bridgehead atoms. The highest BCUT2D eigenvalue weighted by Crippen LogP contribution is 2.23. The van der Waals surface area contributed by atoms with Crippen molar-refractivity contribution in [2.45, 2.75) is 30.7 Å². The van der Waals surface area contributed by atoms with E-state index in [1.54, 1.807) is 12.1 Å². The molecule has 0 atom stereocenters. The molecule has 0 radical (unpaired) electrons. The fourth-order valence-corrected chi connectivity index (χ4v) is 4.65. The molecule has 1 fully saturated rings. The van der Waals surface area contributed by atoms with Crippen molar-refractivity contribution in [1.82, 2.24) is 9.62 Å². The zero-order valence-corrected chi connectivity index (χ0v) is 17.3. The summed E-state index contributed by atoms with van der Waals surface area (Å²) in [7, 11) is -3.73. The molecule has 9 nitrogen and oxygen atoms in total. The molecule has 10 heteroatoms. The molecule has 1 N–H and O–H groups in total. The fourth-order valence-electron chi connectivity index (χ4n) is 3.18. The predicted molar refractivity (Wildman–Crippen MR) is 110 cm³/mol. The van der Waals surface area contributed by atoms with Gasteiger partial charge in [0.15, 0.2) is 6.61 Å². The van der Waals surface area contributed by atoms with Gasteiger partial charge in [-0.2, -0.15) is 4.31 Å². The minimum absolute atomic E-state index is 0.0158. The Kier molecular flexibility index (Phi) is 6.68. The molecule has 1 saturated heterocycles. The van der Waals surface area contributed by atoms with Crippen LogP contribution in [0.2, 0.25) is 0 Å². The zero-order chi connectivity index (χ0) is 21.7. The number of amides is 1. The number of benzene rings is 2. The molecule has 160 valence electrons. The van der Waals surface area contributed by atoms with Gasteiger partial charge in [-0.25, -0.2) is 8.42 Å². The minimum atomic E-state index is -3.73. The van der Waals surface area contributed by atoms with E-state index in [0.29, 0.717) is 18.6 Å². The number of carbonyl (C=O) groups excluding carboxylic acids is 1. The number of piperidine rings is 1. The van der Waals surface area contributed by atoms with Crippen LogP contribution in [0.3, 0.4) is 0 Å². The molecular formula is C20H23N3O6S. The summed E-state index contributed by atoms with van der Waals surface area (Å²) in [4.78, 5) is 22.3. The molecule has 0 spiro atoms. The fraction of sp³-hybridized carbons (Fsp3) is 0.350. The maximum Gasteiger partial charge on any atom is 0.269 e. The van der Waals surface area contributed by atoms with Gasteiger partial charge in [0, 0.05) is 31.3 Å². The SMILES string of the molecule is Cc1ccc(OCC(=O)NC2CCN(S(=O)(=O)c3ccc([N+](=O)[O-])cc3)CC2)cc1. The zero-order valence-electron chi connectivity index (χ0n) is 16.5. The lowest BCUT2D eigenvalue weighted by Crippen LogP contribution is -2.47. The Hall–Kier alpha value is -2.98. The van der Waals surface area contributed by atoms with Gasteiger partial charge in [0.25, 0.3) is 11.6 Å².